The normalized spacial score (nSPS) is 7.33. The number of hydrogen-bond acceptors (Lipinski definition) is 3. The van der Waals surface area contributed by atoms with E-state index in [0.29, 0.717) is 26.3 Å². The van der Waals surface area contributed by atoms with Crippen molar-refractivity contribution in [2.24, 2.45) is 11.5 Å². The Morgan fingerprint density at radius 2 is 1.22 bits per heavy atom. The fraction of sp³-hybridized carbons (Fsp3) is 1.00. The molecule has 0 saturated carbocycles. The second-order valence-corrected chi connectivity index (χ2v) is 1.19. The van der Waals surface area contributed by atoms with E-state index in [2.05, 4.69) is 0 Å². The summed E-state index contributed by atoms with van der Waals surface area (Å²) in [6.45, 7) is 2.41. The minimum atomic E-state index is 0. The van der Waals surface area contributed by atoms with Gasteiger partial charge < -0.3 is 41.0 Å². The van der Waals surface area contributed by atoms with Crippen LogP contribution in [-0.2, 0) is 4.74 Å². The van der Waals surface area contributed by atoms with Crippen LogP contribution >= 0.6 is 0 Å². The largest absolute Gasteiger partial charge is 1.00 e. The van der Waals surface area contributed by atoms with Crippen molar-refractivity contribution in [3.8, 4) is 0 Å². The molecule has 4 N–H and O–H groups in total. The summed E-state index contributed by atoms with van der Waals surface area (Å²) in [7, 11) is 0. The summed E-state index contributed by atoms with van der Waals surface area (Å²) in [5, 5.41) is 0. The molecule has 0 fully saturated rings. The molecule has 0 saturated heterocycles. The van der Waals surface area contributed by atoms with Crippen LogP contribution in [0.1, 0.15) is 0 Å². The van der Waals surface area contributed by atoms with E-state index < -0.39 is 0 Å². The van der Waals surface area contributed by atoms with E-state index in [0.717, 1.165) is 0 Å². The fourth-order valence-electron chi connectivity index (χ4n) is 0.269. The zero-order valence-electron chi connectivity index (χ0n) is 5.15. The van der Waals surface area contributed by atoms with Gasteiger partial charge in [-0.15, -0.1) is 0 Å². The Labute approximate surface area is 67.9 Å². The third-order valence-corrected chi connectivity index (χ3v) is 0.524. The van der Waals surface area contributed by atoms with Gasteiger partial charge in [0.25, 0.3) is 0 Å². The summed E-state index contributed by atoms with van der Waals surface area (Å²) in [5.74, 6) is 0. The molecule has 5 heteroatoms. The molecule has 0 unspecified atom stereocenters. The average molecular weight is 175 g/mol. The lowest BCUT2D eigenvalue weighted by atomic mass is 10.7. The summed E-state index contributed by atoms with van der Waals surface area (Å²) in [5.41, 5.74) is 10.2. The average Bonchev–Trinajstić information content (AvgIpc) is 1.69. The minimum Gasteiger partial charge on any atom is -1.00 e. The molecule has 0 spiro atoms. The van der Waals surface area contributed by atoms with Gasteiger partial charge in [-0.2, -0.15) is 0 Å². The van der Waals surface area contributed by atoms with Crippen molar-refractivity contribution in [3.63, 3.8) is 0 Å². The maximum atomic E-state index is 5.10. The van der Waals surface area contributed by atoms with Gasteiger partial charge in [0.15, 0.2) is 0 Å². The Morgan fingerprint density at radius 3 is 1.44 bits per heavy atom. The van der Waals surface area contributed by atoms with Crippen LogP contribution in [0.5, 0.6) is 0 Å². The Kier molecular flexibility index (Phi) is 28.5. The summed E-state index contributed by atoms with van der Waals surface area (Å²) >= 11 is 0. The molecule has 0 aliphatic rings. The van der Waals surface area contributed by atoms with Crippen LogP contribution in [0.2, 0.25) is 0 Å². The number of rotatable bonds is 4. The topological polar surface area (TPSA) is 61.3 Å². The molecule has 0 aromatic rings. The van der Waals surface area contributed by atoms with Crippen molar-refractivity contribution in [1.29, 1.82) is 0 Å². The first-order valence-electron chi connectivity index (χ1n) is 2.39. The van der Waals surface area contributed by atoms with Gasteiger partial charge in [-0.3, -0.25) is 0 Å². The van der Waals surface area contributed by atoms with Crippen LogP contribution in [-0.4, -0.2) is 26.3 Å². The highest BCUT2D eigenvalue weighted by molar-refractivity contribution is 4.31. The Bertz CT molecular complexity index is 35.7. The van der Waals surface area contributed by atoms with Crippen LogP contribution in [0.25, 0.3) is 0 Å². The molecule has 0 atom stereocenters. The highest BCUT2D eigenvalue weighted by Crippen LogP contribution is 1.65. The van der Waals surface area contributed by atoms with E-state index in [9.17, 15) is 0 Å². The Hall–Kier alpha value is 0.460. The van der Waals surface area contributed by atoms with Gasteiger partial charge in [0.2, 0.25) is 0 Å². The molecule has 3 nitrogen and oxygen atoms in total. The molecular weight excluding hydrogens is 163 g/mol. The zero-order valence-corrected chi connectivity index (χ0v) is 6.66. The molecule has 0 amide bonds. The highest BCUT2D eigenvalue weighted by Gasteiger charge is 1.77. The van der Waals surface area contributed by atoms with Crippen LogP contribution < -0.4 is 36.3 Å². The Balaban J connectivity index is -0.000000180. The van der Waals surface area contributed by atoms with Crippen LogP contribution in [0, 0.1) is 0 Å². The number of nitrogens with two attached hydrogens (primary N) is 2. The third kappa shape index (κ3) is 17.7. The standard InChI is InChI=1S/C4H12N2O.2ClH/c5-1-3-7-4-2-6;;/h1-6H2;2*1H/p-2. The molecule has 0 aromatic carbocycles. The first-order valence-corrected chi connectivity index (χ1v) is 2.39. The molecular formula is C4H12Cl2N2O-2. The summed E-state index contributed by atoms with van der Waals surface area (Å²) in [6, 6.07) is 0. The summed E-state index contributed by atoms with van der Waals surface area (Å²) in [6.07, 6.45) is 0. The molecule has 0 aromatic heterocycles. The molecule has 0 rings (SSSR count). The molecule has 0 aliphatic heterocycles. The monoisotopic (exact) mass is 174 g/mol. The summed E-state index contributed by atoms with van der Waals surface area (Å²) in [4.78, 5) is 0. The molecule has 0 radical (unpaired) electrons. The van der Waals surface area contributed by atoms with E-state index in [1.165, 1.54) is 0 Å². The maximum absolute atomic E-state index is 5.10. The van der Waals surface area contributed by atoms with E-state index >= 15 is 0 Å². The molecule has 9 heavy (non-hydrogen) atoms. The smallest absolute Gasteiger partial charge is 0.0589 e. The third-order valence-electron chi connectivity index (χ3n) is 0.524. The van der Waals surface area contributed by atoms with Gasteiger partial charge in [0, 0.05) is 13.1 Å². The predicted molar refractivity (Wildman–Crippen MR) is 28.9 cm³/mol. The highest BCUT2D eigenvalue weighted by atomic mass is 35.5. The van der Waals surface area contributed by atoms with Crippen LogP contribution in [0.15, 0.2) is 0 Å². The number of ether oxygens (including phenoxy) is 1. The van der Waals surface area contributed by atoms with Crippen molar-refractivity contribution >= 4 is 0 Å². The predicted octanol–water partition coefficient (Wildman–Crippen LogP) is -7.07. The lowest BCUT2D eigenvalue weighted by Crippen LogP contribution is -3.00. The van der Waals surface area contributed by atoms with E-state index in [1.807, 2.05) is 0 Å². The van der Waals surface area contributed by atoms with Gasteiger partial charge in [0.1, 0.15) is 0 Å². The Morgan fingerprint density at radius 1 is 0.889 bits per heavy atom. The number of halogens is 2. The van der Waals surface area contributed by atoms with E-state index in [-0.39, 0.29) is 24.8 Å². The van der Waals surface area contributed by atoms with Crippen molar-refractivity contribution in [2.45, 2.75) is 0 Å². The molecule has 0 aliphatic carbocycles. The maximum Gasteiger partial charge on any atom is 0.0589 e. The zero-order chi connectivity index (χ0) is 5.54. The molecule has 60 valence electrons. The summed E-state index contributed by atoms with van der Waals surface area (Å²) < 4.78 is 4.88. The fourth-order valence-corrected chi connectivity index (χ4v) is 0.269. The quantitative estimate of drug-likeness (QED) is 0.417. The number of hydrogen-bond donors (Lipinski definition) is 2. The van der Waals surface area contributed by atoms with Gasteiger partial charge in [-0.25, -0.2) is 0 Å². The SMILES string of the molecule is NCCOCCN.[Cl-].[Cl-]. The lowest BCUT2D eigenvalue weighted by Gasteiger charge is -1.95. The van der Waals surface area contributed by atoms with Crippen LogP contribution in [0.3, 0.4) is 0 Å². The van der Waals surface area contributed by atoms with Crippen molar-refractivity contribution in [2.75, 3.05) is 26.3 Å². The van der Waals surface area contributed by atoms with Gasteiger partial charge in [0.05, 0.1) is 13.2 Å². The van der Waals surface area contributed by atoms with Crippen molar-refractivity contribution in [3.05, 3.63) is 0 Å². The van der Waals surface area contributed by atoms with Crippen molar-refractivity contribution in [1.82, 2.24) is 0 Å². The van der Waals surface area contributed by atoms with Crippen molar-refractivity contribution < 1.29 is 29.6 Å². The van der Waals surface area contributed by atoms with Crippen LogP contribution in [0.4, 0.5) is 0 Å². The van der Waals surface area contributed by atoms with E-state index in [1.54, 1.807) is 0 Å². The molecule has 0 bridgehead atoms. The van der Waals surface area contributed by atoms with E-state index in [4.69, 9.17) is 16.2 Å². The first kappa shape index (κ1) is 16.2. The molecule has 0 heterocycles. The minimum absolute atomic E-state index is 0. The second kappa shape index (κ2) is 15.8. The van der Waals surface area contributed by atoms with Gasteiger partial charge >= 0.3 is 0 Å². The van der Waals surface area contributed by atoms with Gasteiger partial charge in [-0.1, -0.05) is 0 Å². The first-order chi connectivity index (χ1) is 3.41. The lowest BCUT2D eigenvalue weighted by molar-refractivity contribution is -0.00100. The van der Waals surface area contributed by atoms with Gasteiger partial charge in [-0.05, 0) is 0 Å². The second-order valence-electron chi connectivity index (χ2n) is 1.19.